The van der Waals surface area contributed by atoms with Crippen molar-refractivity contribution in [2.45, 2.75) is 43.7 Å². The number of carbonyl (C=O) groups excluding carboxylic acids is 2. The van der Waals surface area contributed by atoms with Crippen LogP contribution in [0.4, 0.5) is 10.1 Å². The molecule has 36 heavy (non-hydrogen) atoms. The molecule has 0 radical (unpaired) electrons. The van der Waals surface area contributed by atoms with Gasteiger partial charge in [0.2, 0.25) is 21.8 Å². The highest BCUT2D eigenvalue weighted by Gasteiger charge is 2.29. The lowest BCUT2D eigenvalue weighted by atomic mass is 10.1. The van der Waals surface area contributed by atoms with E-state index in [2.05, 4.69) is 10.0 Å². The molecule has 0 saturated carbocycles. The lowest BCUT2D eigenvalue weighted by molar-refractivity contribution is -0.123. The van der Waals surface area contributed by atoms with Crippen LogP contribution >= 0.6 is 0 Å². The van der Waals surface area contributed by atoms with Gasteiger partial charge in [-0.2, -0.15) is 4.72 Å². The maximum Gasteiger partial charge on any atom is 0.241 e. The second-order valence-electron chi connectivity index (χ2n) is 8.65. The highest BCUT2D eigenvalue weighted by molar-refractivity contribution is 7.89. The van der Waals surface area contributed by atoms with Crippen LogP contribution in [-0.4, -0.2) is 32.8 Å². The Kier molecular flexibility index (Phi) is 7.81. The standard InChI is InChI=1S/C27H28FN3O4S/c1-2-26(32)31-15-14-21-17-23(12-13-25(21)31)36(34,35)30-24(16-19-6-4-3-5-7-19)27(33)29-18-20-8-10-22(28)11-9-20/h3-13,17,24,30H,2,14-16,18H2,1H3,(H,29,33)/t24-/m0/s1. The lowest BCUT2D eigenvalue weighted by Gasteiger charge is -2.20. The van der Waals surface area contributed by atoms with Gasteiger partial charge in [-0.05, 0) is 59.9 Å². The highest BCUT2D eigenvalue weighted by atomic mass is 32.2. The van der Waals surface area contributed by atoms with Gasteiger partial charge in [0, 0.05) is 25.2 Å². The Morgan fingerprint density at radius 2 is 1.72 bits per heavy atom. The number of sulfonamides is 1. The number of nitrogens with one attached hydrogen (secondary N) is 2. The van der Waals surface area contributed by atoms with E-state index < -0.39 is 22.0 Å². The average Bonchev–Trinajstić information content (AvgIpc) is 3.31. The summed E-state index contributed by atoms with van der Waals surface area (Å²) in [5.74, 6) is -0.882. The van der Waals surface area contributed by atoms with Gasteiger partial charge in [-0.1, -0.05) is 49.4 Å². The van der Waals surface area contributed by atoms with Gasteiger partial charge in [0.1, 0.15) is 11.9 Å². The van der Waals surface area contributed by atoms with Gasteiger partial charge in [0.15, 0.2) is 0 Å². The number of benzene rings is 3. The van der Waals surface area contributed by atoms with Gasteiger partial charge in [-0.25, -0.2) is 12.8 Å². The molecule has 0 aromatic heterocycles. The Hall–Kier alpha value is -3.56. The largest absolute Gasteiger partial charge is 0.351 e. The summed E-state index contributed by atoms with van der Waals surface area (Å²) in [6, 6.07) is 18.4. The Labute approximate surface area is 210 Å². The molecular weight excluding hydrogens is 481 g/mol. The fourth-order valence-corrected chi connectivity index (χ4v) is 5.45. The molecule has 0 bridgehead atoms. The molecular formula is C27H28FN3O4S. The molecule has 0 unspecified atom stereocenters. The zero-order valence-corrected chi connectivity index (χ0v) is 20.7. The van der Waals surface area contributed by atoms with E-state index in [0.29, 0.717) is 24.9 Å². The van der Waals surface area contributed by atoms with Crippen molar-refractivity contribution in [3.63, 3.8) is 0 Å². The molecule has 3 aromatic rings. The lowest BCUT2D eigenvalue weighted by Crippen LogP contribution is -2.47. The van der Waals surface area contributed by atoms with Crippen molar-refractivity contribution in [2.75, 3.05) is 11.4 Å². The Morgan fingerprint density at radius 1 is 1.00 bits per heavy atom. The fraction of sp³-hybridized carbons (Fsp3) is 0.259. The molecule has 1 atom stereocenters. The van der Waals surface area contributed by atoms with E-state index >= 15 is 0 Å². The number of hydrogen-bond acceptors (Lipinski definition) is 4. The van der Waals surface area contributed by atoms with Crippen molar-refractivity contribution in [3.05, 3.63) is 95.3 Å². The molecule has 2 N–H and O–H groups in total. The monoisotopic (exact) mass is 509 g/mol. The van der Waals surface area contributed by atoms with Crippen molar-refractivity contribution in [3.8, 4) is 0 Å². The first kappa shape index (κ1) is 25.5. The minimum Gasteiger partial charge on any atom is -0.351 e. The first-order valence-corrected chi connectivity index (χ1v) is 13.3. The van der Waals surface area contributed by atoms with Crippen molar-refractivity contribution in [2.24, 2.45) is 0 Å². The first-order valence-electron chi connectivity index (χ1n) is 11.8. The van der Waals surface area contributed by atoms with E-state index in [0.717, 1.165) is 16.8 Å². The van der Waals surface area contributed by atoms with E-state index in [1.807, 2.05) is 30.3 Å². The fourth-order valence-electron chi connectivity index (χ4n) is 4.20. The van der Waals surface area contributed by atoms with Crippen LogP contribution in [0.3, 0.4) is 0 Å². The molecule has 3 aromatic carbocycles. The van der Waals surface area contributed by atoms with Gasteiger partial charge in [-0.3, -0.25) is 9.59 Å². The predicted molar refractivity (Wildman–Crippen MR) is 135 cm³/mol. The SMILES string of the molecule is CCC(=O)N1CCc2cc(S(=O)(=O)N[C@@H](Cc3ccccc3)C(=O)NCc3ccc(F)cc3)ccc21. The Morgan fingerprint density at radius 3 is 2.42 bits per heavy atom. The zero-order chi connectivity index (χ0) is 25.7. The van der Waals surface area contributed by atoms with Crippen molar-refractivity contribution in [1.82, 2.24) is 10.0 Å². The Balaban J connectivity index is 1.54. The maximum atomic E-state index is 13.3. The second-order valence-corrected chi connectivity index (χ2v) is 10.4. The number of nitrogens with zero attached hydrogens (tertiary/aromatic N) is 1. The molecule has 7 nitrogen and oxygen atoms in total. The van der Waals surface area contributed by atoms with Crippen LogP contribution in [0.2, 0.25) is 0 Å². The summed E-state index contributed by atoms with van der Waals surface area (Å²) in [5.41, 5.74) is 2.99. The van der Waals surface area contributed by atoms with Gasteiger partial charge in [-0.15, -0.1) is 0 Å². The third kappa shape index (κ3) is 5.98. The van der Waals surface area contributed by atoms with E-state index in [1.54, 1.807) is 36.1 Å². The number of fused-ring (bicyclic) bond motifs is 1. The summed E-state index contributed by atoms with van der Waals surface area (Å²) in [4.78, 5) is 26.9. The molecule has 0 aliphatic carbocycles. The topological polar surface area (TPSA) is 95.6 Å². The normalized spacial score (nSPS) is 13.8. The third-order valence-electron chi connectivity index (χ3n) is 6.14. The molecule has 1 heterocycles. The molecule has 1 aliphatic rings. The van der Waals surface area contributed by atoms with Crippen LogP contribution in [-0.2, 0) is 39.0 Å². The molecule has 2 amide bonds. The van der Waals surface area contributed by atoms with Crippen LogP contribution in [0.1, 0.15) is 30.0 Å². The molecule has 0 saturated heterocycles. The molecule has 4 rings (SSSR count). The molecule has 0 spiro atoms. The van der Waals surface area contributed by atoms with E-state index in [4.69, 9.17) is 0 Å². The summed E-state index contributed by atoms with van der Waals surface area (Å²) in [6.45, 7) is 2.44. The number of halogens is 1. The smallest absolute Gasteiger partial charge is 0.241 e. The first-order chi connectivity index (χ1) is 17.3. The number of amides is 2. The summed E-state index contributed by atoms with van der Waals surface area (Å²) in [6.07, 6.45) is 1.09. The molecule has 188 valence electrons. The third-order valence-corrected chi connectivity index (χ3v) is 7.61. The summed E-state index contributed by atoms with van der Waals surface area (Å²) >= 11 is 0. The van der Waals surface area contributed by atoms with Crippen molar-refractivity contribution >= 4 is 27.5 Å². The minimum absolute atomic E-state index is 0.0109. The van der Waals surface area contributed by atoms with Gasteiger partial charge in [0.25, 0.3) is 0 Å². The summed E-state index contributed by atoms with van der Waals surface area (Å²) < 4.78 is 42.4. The van der Waals surface area contributed by atoms with E-state index in [1.165, 1.54) is 18.2 Å². The summed E-state index contributed by atoms with van der Waals surface area (Å²) in [5, 5.41) is 2.75. The average molecular weight is 510 g/mol. The predicted octanol–water partition coefficient (Wildman–Crippen LogP) is 3.33. The molecule has 1 aliphatic heterocycles. The van der Waals surface area contributed by atoms with Crippen molar-refractivity contribution < 1.29 is 22.4 Å². The number of carbonyl (C=O) groups is 2. The highest BCUT2D eigenvalue weighted by Crippen LogP contribution is 2.30. The second kappa shape index (κ2) is 11.0. The Bertz CT molecular complexity index is 1350. The molecule has 9 heteroatoms. The van der Waals surface area contributed by atoms with Crippen molar-refractivity contribution in [1.29, 1.82) is 0 Å². The number of rotatable bonds is 9. The van der Waals surface area contributed by atoms with Crippen LogP contribution in [0.5, 0.6) is 0 Å². The molecule has 0 fully saturated rings. The number of hydrogen-bond donors (Lipinski definition) is 2. The van der Waals surface area contributed by atoms with Gasteiger partial charge >= 0.3 is 0 Å². The van der Waals surface area contributed by atoms with Gasteiger partial charge < -0.3 is 10.2 Å². The van der Waals surface area contributed by atoms with Crippen LogP contribution in [0, 0.1) is 5.82 Å². The van der Waals surface area contributed by atoms with Gasteiger partial charge in [0.05, 0.1) is 4.90 Å². The van der Waals surface area contributed by atoms with Crippen LogP contribution in [0.25, 0.3) is 0 Å². The van der Waals surface area contributed by atoms with E-state index in [-0.39, 0.29) is 29.6 Å². The van der Waals surface area contributed by atoms with Crippen LogP contribution < -0.4 is 14.9 Å². The maximum absolute atomic E-state index is 13.3. The summed E-state index contributed by atoms with van der Waals surface area (Å²) in [7, 11) is -4.04. The van der Waals surface area contributed by atoms with E-state index in [9.17, 15) is 22.4 Å². The van der Waals surface area contributed by atoms with Crippen LogP contribution in [0.15, 0.2) is 77.7 Å². The minimum atomic E-state index is -4.04. The quantitative estimate of drug-likeness (QED) is 0.463. The zero-order valence-electron chi connectivity index (χ0n) is 19.9. The number of anilines is 1.